The number of halogens is 1. The lowest BCUT2D eigenvalue weighted by atomic mass is 10.1. The van der Waals surface area contributed by atoms with Crippen LogP contribution in [0.4, 0.5) is 0 Å². The standard InChI is InChI=1S/C14H9NO.ClH/c16-14-9-10-5-1-2-6-11(10)12-7-3-4-8-13(12)15-14;/h1-9H;1H. The fourth-order valence-electron chi connectivity index (χ4n) is 1.95. The average Bonchev–Trinajstić information content (AvgIpc) is 2.44. The van der Waals surface area contributed by atoms with Gasteiger partial charge in [-0.25, -0.2) is 4.98 Å². The van der Waals surface area contributed by atoms with Crippen molar-refractivity contribution in [1.82, 2.24) is 4.98 Å². The zero-order valence-electron chi connectivity index (χ0n) is 8.96. The van der Waals surface area contributed by atoms with E-state index in [0.29, 0.717) is 0 Å². The fraction of sp³-hybridized carbons (Fsp3) is 0. The number of nitrogens with zero attached hydrogens (tertiary/aromatic N) is 1. The van der Waals surface area contributed by atoms with Gasteiger partial charge in [-0.3, -0.25) is 4.79 Å². The molecular formula is C14H10ClNO. The van der Waals surface area contributed by atoms with Gasteiger partial charge in [0.2, 0.25) is 0 Å². The third-order valence-electron chi connectivity index (χ3n) is 2.66. The molecule has 0 atom stereocenters. The van der Waals surface area contributed by atoms with Crippen molar-refractivity contribution in [1.29, 1.82) is 0 Å². The number of para-hydroxylation sites is 1. The van der Waals surface area contributed by atoms with Crippen molar-refractivity contribution in [3.63, 3.8) is 0 Å². The number of benzene rings is 2. The van der Waals surface area contributed by atoms with Crippen LogP contribution in [0.1, 0.15) is 0 Å². The fourth-order valence-corrected chi connectivity index (χ4v) is 1.95. The Hall–Kier alpha value is -1.93. The molecule has 0 unspecified atom stereocenters. The molecule has 0 N–H and O–H groups in total. The van der Waals surface area contributed by atoms with Crippen molar-refractivity contribution < 1.29 is 0 Å². The molecule has 0 saturated carbocycles. The third kappa shape index (κ3) is 1.99. The van der Waals surface area contributed by atoms with Gasteiger partial charge in [-0.2, -0.15) is 0 Å². The predicted octanol–water partition coefficient (Wildman–Crippen LogP) is 3.17. The van der Waals surface area contributed by atoms with Crippen LogP contribution in [-0.4, -0.2) is 4.98 Å². The van der Waals surface area contributed by atoms with Gasteiger partial charge >= 0.3 is 0 Å². The topological polar surface area (TPSA) is 30.0 Å². The van der Waals surface area contributed by atoms with Crippen LogP contribution in [0.25, 0.3) is 21.7 Å². The Morgan fingerprint density at radius 3 is 2.29 bits per heavy atom. The molecule has 0 amide bonds. The van der Waals surface area contributed by atoms with Crippen molar-refractivity contribution >= 4 is 34.1 Å². The summed E-state index contributed by atoms with van der Waals surface area (Å²) in [5.74, 6) is 0. The molecule has 2 aromatic carbocycles. The molecule has 1 heterocycles. The Bertz CT molecular complexity index is 678. The summed E-state index contributed by atoms with van der Waals surface area (Å²) in [5, 5.41) is 3.01. The van der Waals surface area contributed by atoms with Crippen LogP contribution in [0, 0.1) is 0 Å². The largest absolute Gasteiger partial charge is 0.270 e. The first-order valence-electron chi connectivity index (χ1n) is 5.13. The van der Waals surface area contributed by atoms with E-state index in [9.17, 15) is 4.79 Å². The van der Waals surface area contributed by atoms with E-state index in [4.69, 9.17) is 0 Å². The van der Waals surface area contributed by atoms with Gasteiger partial charge in [0, 0.05) is 11.5 Å². The Labute approximate surface area is 104 Å². The van der Waals surface area contributed by atoms with Gasteiger partial charge in [-0.15, -0.1) is 12.4 Å². The molecule has 0 aliphatic rings. The molecule has 0 aliphatic carbocycles. The highest BCUT2D eigenvalue weighted by Gasteiger charge is 1.99. The van der Waals surface area contributed by atoms with E-state index in [1.54, 1.807) is 6.07 Å². The number of hydrogen-bond donors (Lipinski definition) is 0. The van der Waals surface area contributed by atoms with Gasteiger partial charge in [-0.1, -0.05) is 42.5 Å². The minimum atomic E-state index is -0.197. The van der Waals surface area contributed by atoms with Crippen molar-refractivity contribution in [2.75, 3.05) is 0 Å². The van der Waals surface area contributed by atoms with Crippen LogP contribution < -0.4 is 5.56 Å². The minimum absolute atomic E-state index is 0. The summed E-state index contributed by atoms with van der Waals surface area (Å²) in [5.41, 5.74) is 0.547. The maximum atomic E-state index is 11.6. The van der Waals surface area contributed by atoms with Gasteiger partial charge < -0.3 is 0 Å². The van der Waals surface area contributed by atoms with Crippen LogP contribution in [0.2, 0.25) is 0 Å². The van der Waals surface area contributed by atoms with E-state index in [1.165, 1.54) is 0 Å². The van der Waals surface area contributed by atoms with Crippen molar-refractivity contribution in [2.45, 2.75) is 0 Å². The van der Waals surface area contributed by atoms with Gasteiger partial charge in [-0.05, 0) is 16.8 Å². The molecule has 0 bridgehead atoms. The van der Waals surface area contributed by atoms with Crippen LogP contribution in [0.15, 0.2) is 59.4 Å². The number of hydrogen-bond acceptors (Lipinski definition) is 2. The summed E-state index contributed by atoms with van der Waals surface area (Å²) in [7, 11) is 0. The first-order chi connectivity index (χ1) is 7.84. The minimum Gasteiger partial charge on any atom is -0.267 e. The lowest BCUT2D eigenvalue weighted by Gasteiger charge is -1.95. The SMILES string of the molecule is Cl.O=c1cc2ccccc2c2ccccc2n1. The normalized spacial score (nSPS) is 10.1. The van der Waals surface area contributed by atoms with Crippen molar-refractivity contribution in [3.05, 3.63) is 65.0 Å². The van der Waals surface area contributed by atoms with E-state index in [0.717, 1.165) is 21.7 Å². The quantitative estimate of drug-likeness (QED) is 0.607. The van der Waals surface area contributed by atoms with Crippen molar-refractivity contribution in [3.8, 4) is 0 Å². The van der Waals surface area contributed by atoms with E-state index >= 15 is 0 Å². The monoisotopic (exact) mass is 243 g/mol. The third-order valence-corrected chi connectivity index (χ3v) is 2.66. The molecule has 2 nitrogen and oxygen atoms in total. The van der Waals surface area contributed by atoms with Gasteiger partial charge in [0.15, 0.2) is 0 Å². The summed E-state index contributed by atoms with van der Waals surface area (Å²) in [4.78, 5) is 15.6. The van der Waals surface area contributed by atoms with Crippen LogP contribution in [0.3, 0.4) is 0 Å². The second kappa shape index (κ2) is 4.52. The lowest BCUT2D eigenvalue weighted by Crippen LogP contribution is -1.98. The highest BCUT2D eigenvalue weighted by atomic mass is 35.5. The molecule has 3 heteroatoms. The zero-order valence-corrected chi connectivity index (χ0v) is 9.78. The molecule has 3 aromatic rings. The van der Waals surface area contributed by atoms with E-state index < -0.39 is 0 Å². The van der Waals surface area contributed by atoms with E-state index in [1.807, 2.05) is 48.5 Å². The predicted molar refractivity (Wildman–Crippen MR) is 72.8 cm³/mol. The Morgan fingerprint density at radius 1 is 0.824 bits per heavy atom. The van der Waals surface area contributed by atoms with E-state index in [2.05, 4.69) is 4.98 Å². The molecule has 0 spiro atoms. The maximum absolute atomic E-state index is 11.6. The maximum Gasteiger partial charge on any atom is 0.270 e. The van der Waals surface area contributed by atoms with Crippen LogP contribution >= 0.6 is 12.4 Å². The summed E-state index contributed by atoms with van der Waals surface area (Å²) >= 11 is 0. The summed E-state index contributed by atoms with van der Waals surface area (Å²) < 4.78 is 0. The molecule has 0 fully saturated rings. The smallest absolute Gasteiger partial charge is 0.267 e. The van der Waals surface area contributed by atoms with E-state index in [-0.39, 0.29) is 18.0 Å². The first kappa shape index (κ1) is 11.6. The Kier molecular flexibility index (Phi) is 3.07. The number of fused-ring (bicyclic) bond motifs is 3. The average molecular weight is 244 g/mol. The molecule has 0 saturated heterocycles. The summed E-state index contributed by atoms with van der Waals surface area (Å²) in [6, 6.07) is 17.1. The second-order valence-corrected chi connectivity index (χ2v) is 3.70. The zero-order chi connectivity index (χ0) is 11.0. The molecule has 3 rings (SSSR count). The van der Waals surface area contributed by atoms with Gasteiger partial charge in [0.25, 0.3) is 5.56 Å². The van der Waals surface area contributed by atoms with Gasteiger partial charge in [0.05, 0.1) is 5.52 Å². The Morgan fingerprint density at radius 2 is 1.47 bits per heavy atom. The molecule has 0 radical (unpaired) electrons. The second-order valence-electron chi connectivity index (χ2n) is 3.70. The van der Waals surface area contributed by atoms with Gasteiger partial charge in [0.1, 0.15) is 0 Å². The molecule has 0 aliphatic heterocycles. The highest BCUT2D eigenvalue weighted by molar-refractivity contribution is 6.04. The lowest BCUT2D eigenvalue weighted by molar-refractivity contribution is 1.33. The first-order valence-corrected chi connectivity index (χ1v) is 5.13. The highest BCUT2D eigenvalue weighted by Crippen LogP contribution is 2.20. The van der Waals surface area contributed by atoms with Crippen LogP contribution in [-0.2, 0) is 0 Å². The Balaban J connectivity index is 0.00000108. The molecular weight excluding hydrogens is 234 g/mol. The van der Waals surface area contributed by atoms with Crippen LogP contribution in [0.5, 0.6) is 0 Å². The summed E-state index contributed by atoms with van der Waals surface area (Å²) in [6.45, 7) is 0. The summed E-state index contributed by atoms with van der Waals surface area (Å²) in [6.07, 6.45) is 0. The van der Waals surface area contributed by atoms with Crippen molar-refractivity contribution in [2.24, 2.45) is 0 Å². The molecule has 84 valence electrons. The molecule has 1 aromatic heterocycles. The number of rotatable bonds is 0. The number of aromatic nitrogens is 1. The molecule has 17 heavy (non-hydrogen) atoms.